The van der Waals surface area contributed by atoms with Crippen LogP contribution in [0.1, 0.15) is 62.8 Å². The molecule has 1 heterocycles. The van der Waals surface area contributed by atoms with Gasteiger partial charge in [-0.05, 0) is 47.9 Å². The van der Waals surface area contributed by atoms with Crippen molar-refractivity contribution in [3.05, 3.63) is 34.4 Å². The highest BCUT2D eigenvalue weighted by Gasteiger charge is 2.40. The highest BCUT2D eigenvalue weighted by Crippen LogP contribution is 2.31. The van der Waals surface area contributed by atoms with Crippen molar-refractivity contribution < 1.29 is 5.11 Å². The highest BCUT2D eigenvalue weighted by molar-refractivity contribution is 5.40. The zero-order valence-electron chi connectivity index (χ0n) is 14.6. The van der Waals surface area contributed by atoms with E-state index >= 15 is 0 Å². The van der Waals surface area contributed by atoms with Gasteiger partial charge in [-0.25, -0.2) is 0 Å². The lowest BCUT2D eigenvalue weighted by Gasteiger charge is -2.47. The maximum Gasteiger partial charge on any atom is 0.0900 e. The van der Waals surface area contributed by atoms with E-state index in [9.17, 15) is 5.11 Å². The van der Waals surface area contributed by atoms with Crippen LogP contribution >= 0.6 is 0 Å². The van der Waals surface area contributed by atoms with Crippen molar-refractivity contribution in [3.8, 4) is 0 Å². The van der Waals surface area contributed by atoms with Gasteiger partial charge in [-0.1, -0.05) is 46.2 Å². The third kappa shape index (κ3) is 3.67. The average Bonchev–Trinajstić information content (AvgIpc) is 2.30. The molecule has 0 aromatic heterocycles. The first kappa shape index (κ1) is 16.5. The number of aliphatic hydroxyl groups is 1. The van der Waals surface area contributed by atoms with Crippen LogP contribution in [-0.4, -0.2) is 28.7 Å². The summed E-state index contributed by atoms with van der Waals surface area (Å²) in [5.74, 6) is 0. The van der Waals surface area contributed by atoms with Gasteiger partial charge >= 0.3 is 0 Å². The zero-order chi connectivity index (χ0) is 15.8. The standard InChI is InChI=1S/C19H31NO/c1-7-8-19(21)12-20(13-19)11-17-14(2)9-16(10-15(17)3)18(4,5)6/h9-10,21H,7-8,11-13H2,1-6H3. The van der Waals surface area contributed by atoms with Gasteiger partial charge in [-0.3, -0.25) is 4.90 Å². The molecule has 0 amide bonds. The summed E-state index contributed by atoms with van der Waals surface area (Å²) in [6, 6.07) is 4.67. The Morgan fingerprint density at radius 1 is 1.14 bits per heavy atom. The number of hydrogen-bond donors (Lipinski definition) is 1. The zero-order valence-corrected chi connectivity index (χ0v) is 14.6. The second-order valence-electron chi connectivity index (χ2n) is 7.96. The third-order valence-electron chi connectivity index (χ3n) is 4.69. The Kier molecular flexibility index (Phi) is 4.51. The predicted molar refractivity (Wildman–Crippen MR) is 89.8 cm³/mol. The molecular formula is C19H31NO. The van der Waals surface area contributed by atoms with E-state index in [0.717, 1.165) is 32.5 Å². The van der Waals surface area contributed by atoms with Gasteiger partial charge in [-0.15, -0.1) is 0 Å². The van der Waals surface area contributed by atoms with Gasteiger partial charge in [0.25, 0.3) is 0 Å². The minimum Gasteiger partial charge on any atom is -0.387 e. The number of β-amino-alcohol motifs (C(OH)–C–C–N with tert-alkyl or cyclic N) is 1. The van der Waals surface area contributed by atoms with E-state index in [0.29, 0.717) is 0 Å². The van der Waals surface area contributed by atoms with E-state index in [1.165, 1.54) is 22.3 Å². The van der Waals surface area contributed by atoms with Crippen LogP contribution in [-0.2, 0) is 12.0 Å². The molecule has 0 spiro atoms. The van der Waals surface area contributed by atoms with Gasteiger partial charge in [0, 0.05) is 19.6 Å². The summed E-state index contributed by atoms with van der Waals surface area (Å²) < 4.78 is 0. The molecule has 1 aliphatic rings. The minimum atomic E-state index is -0.429. The summed E-state index contributed by atoms with van der Waals surface area (Å²) in [7, 11) is 0. The summed E-state index contributed by atoms with van der Waals surface area (Å²) in [4.78, 5) is 2.36. The van der Waals surface area contributed by atoms with Crippen molar-refractivity contribution in [1.82, 2.24) is 4.90 Å². The molecule has 0 atom stereocenters. The van der Waals surface area contributed by atoms with E-state index in [-0.39, 0.29) is 5.41 Å². The number of nitrogens with zero attached hydrogens (tertiary/aromatic N) is 1. The summed E-state index contributed by atoms with van der Waals surface area (Å²) in [5.41, 5.74) is 5.37. The molecular weight excluding hydrogens is 258 g/mol. The Hall–Kier alpha value is -0.860. The molecule has 0 unspecified atom stereocenters. The largest absolute Gasteiger partial charge is 0.387 e. The number of hydrogen-bond acceptors (Lipinski definition) is 2. The lowest BCUT2D eigenvalue weighted by atomic mass is 9.83. The molecule has 1 N–H and O–H groups in total. The van der Waals surface area contributed by atoms with E-state index in [2.05, 4.69) is 58.6 Å². The highest BCUT2D eigenvalue weighted by atomic mass is 16.3. The molecule has 0 aliphatic carbocycles. The first-order chi connectivity index (χ1) is 9.64. The molecule has 1 aliphatic heterocycles. The second-order valence-corrected chi connectivity index (χ2v) is 7.96. The van der Waals surface area contributed by atoms with Gasteiger partial charge in [0.05, 0.1) is 5.60 Å². The van der Waals surface area contributed by atoms with Crippen LogP contribution in [0.15, 0.2) is 12.1 Å². The Bertz CT molecular complexity index is 484. The van der Waals surface area contributed by atoms with E-state index in [1.807, 2.05) is 0 Å². The summed E-state index contributed by atoms with van der Waals surface area (Å²) in [6.45, 7) is 16.0. The minimum absolute atomic E-state index is 0.201. The van der Waals surface area contributed by atoms with Gasteiger partial charge in [0.2, 0.25) is 0 Å². The Morgan fingerprint density at radius 3 is 2.10 bits per heavy atom. The molecule has 1 aromatic rings. The summed E-state index contributed by atoms with van der Waals surface area (Å²) >= 11 is 0. The molecule has 0 bridgehead atoms. The topological polar surface area (TPSA) is 23.5 Å². The van der Waals surface area contributed by atoms with Gasteiger partial charge in [0.15, 0.2) is 0 Å². The van der Waals surface area contributed by atoms with E-state index < -0.39 is 5.60 Å². The van der Waals surface area contributed by atoms with Crippen LogP contribution in [0.3, 0.4) is 0 Å². The summed E-state index contributed by atoms with van der Waals surface area (Å²) in [5, 5.41) is 10.3. The van der Waals surface area contributed by atoms with Crippen LogP contribution in [0, 0.1) is 13.8 Å². The monoisotopic (exact) mass is 289 g/mol. The van der Waals surface area contributed by atoms with E-state index in [1.54, 1.807) is 0 Å². The van der Waals surface area contributed by atoms with Crippen LogP contribution in [0.5, 0.6) is 0 Å². The van der Waals surface area contributed by atoms with Crippen molar-refractivity contribution >= 4 is 0 Å². The van der Waals surface area contributed by atoms with Crippen molar-refractivity contribution in [2.24, 2.45) is 0 Å². The fraction of sp³-hybridized carbons (Fsp3) is 0.684. The van der Waals surface area contributed by atoms with Crippen LogP contribution in [0.25, 0.3) is 0 Å². The molecule has 1 saturated heterocycles. The molecule has 2 rings (SSSR count). The van der Waals surface area contributed by atoms with Gasteiger partial charge in [0.1, 0.15) is 0 Å². The Balaban J connectivity index is 2.09. The Morgan fingerprint density at radius 2 is 1.67 bits per heavy atom. The first-order valence-electron chi connectivity index (χ1n) is 8.20. The fourth-order valence-electron chi connectivity index (χ4n) is 3.42. The first-order valence-corrected chi connectivity index (χ1v) is 8.20. The molecule has 0 saturated carbocycles. The number of likely N-dealkylation sites (tertiary alicyclic amines) is 1. The fourth-order valence-corrected chi connectivity index (χ4v) is 3.42. The molecule has 2 heteroatoms. The lowest BCUT2D eigenvalue weighted by molar-refractivity contribution is -0.106. The normalized spacial score (nSPS) is 18.6. The SMILES string of the molecule is CCCC1(O)CN(Cc2c(C)cc(C(C)(C)C)cc2C)C1. The maximum atomic E-state index is 10.3. The molecule has 118 valence electrons. The van der Waals surface area contributed by atoms with Crippen molar-refractivity contribution in [2.45, 2.75) is 71.9 Å². The number of aryl methyl sites for hydroxylation is 2. The number of rotatable bonds is 4. The molecule has 21 heavy (non-hydrogen) atoms. The molecule has 1 aromatic carbocycles. The molecule has 1 fully saturated rings. The molecule has 2 nitrogen and oxygen atoms in total. The number of benzene rings is 1. The van der Waals surface area contributed by atoms with Crippen LogP contribution < -0.4 is 0 Å². The molecule has 0 radical (unpaired) electrons. The van der Waals surface area contributed by atoms with Crippen molar-refractivity contribution in [1.29, 1.82) is 0 Å². The Labute approximate surface area is 130 Å². The lowest BCUT2D eigenvalue weighted by Crippen LogP contribution is -2.61. The summed E-state index contributed by atoms with van der Waals surface area (Å²) in [6.07, 6.45) is 1.98. The smallest absolute Gasteiger partial charge is 0.0900 e. The maximum absolute atomic E-state index is 10.3. The second kappa shape index (κ2) is 5.73. The van der Waals surface area contributed by atoms with E-state index in [4.69, 9.17) is 0 Å². The third-order valence-corrected chi connectivity index (χ3v) is 4.69. The quantitative estimate of drug-likeness (QED) is 0.907. The van der Waals surface area contributed by atoms with Gasteiger partial charge < -0.3 is 5.11 Å². The van der Waals surface area contributed by atoms with Crippen LogP contribution in [0.4, 0.5) is 0 Å². The predicted octanol–water partition coefficient (Wildman–Crippen LogP) is 3.95. The van der Waals surface area contributed by atoms with Crippen molar-refractivity contribution in [2.75, 3.05) is 13.1 Å². The average molecular weight is 289 g/mol. The van der Waals surface area contributed by atoms with Crippen LogP contribution in [0.2, 0.25) is 0 Å². The van der Waals surface area contributed by atoms with Gasteiger partial charge in [-0.2, -0.15) is 0 Å². The van der Waals surface area contributed by atoms with Crippen molar-refractivity contribution in [3.63, 3.8) is 0 Å².